The van der Waals surface area contributed by atoms with E-state index in [9.17, 15) is 5.11 Å². The van der Waals surface area contributed by atoms with Crippen molar-refractivity contribution in [1.82, 2.24) is 4.90 Å². The van der Waals surface area contributed by atoms with E-state index in [-0.39, 0.29) is 0 Å². The molecule has 5 aliphatic rings. The quantitative estimate of drug-likeness (QED) is 0.768. The van der Waals surface area contributed by atoms with E-state index >= 15 is 0 Å². The Kier molecular flexibility index (Phi) is 5.17. The summed E-state index contributed by atoms with van der Waals surface area (Å²) in [5.41, 5.74) is 2.00. The van der Waals surface area contributed by atoms with Gasteiger partial charge in [0.05, 0.1) is 0 Å². The highest BCUT2D eigenvalue weighted by Gasteiger charge is 2.51. The highest BCUT2D eigenvalue weighted by atomic mass is 16.5. The number of aliphatic hydroxyl groups is 1. The van der Waals surface area contributed by atoms with E-state index in [2.05, 4.69) is 36.1 Å². The maximum atomic E-state index is 10.4. The van der Waals surface area contributed by atoms with Crippen LogP contribution in [-0.2, 0) is 5.41 Å². The van der Waals surface area contributed by atoms with Gasteiger partial charge < -0.3 is 9.84 Å². The van der Waals surface area contributed by atoms with Crippen LogP contribution in [0.2, 0.25) is 0 Å². The van der Waals surface area contributed by atoms with Crippen molar-refractivity contribution in [2.75, 3.05) is 19.7 Å². The van der Waals surface area contributed by atoms with E-state index in [0.29, 0.717) is 18.1 Å². The van der Waals surface area contributed by atoms with Crippen LogP contribution in [0.4, 0.5) is 0 Å². The smallest absolute Gasteiger partial charge is 0.119 e. The average molecular weight is 384 g/mol. The van der Waals surface area contributed by atoms with Gasteiger partial charge in [-0.15, -0.1) is 0 Å². The molecule has 4 bridgehead atoms. The summed E-state index contributed by atoms with van der Waals surface area (Å²) in [4.78, 5) is 2.41. The third-order valence-corrected chi connectivity index (χ3v) is 8.33. The van der Waals surface area contributed by atoms with Crippen LogP contribution in [0.25, 0.3) is 0 Å². The van der Waals surface area contributed by atoms with Gasteiger partial charge in [0.2, 0.25) is 0 Å². The Morgan fingerprint density at radius 1 is 1.04 bits per heavy atom. The second kappa shape index (κ2) is 7.65. The summed E-state index contributed by atoms with van der Waals surface area (Å²) in [5, 5.41) is 10.4. The molecule has 1 aliphatic heterocycles. The van der Waals surface area contributed by atoms with Gasteiger partial charge in [-0.3, -0.25) is 4.90 Å². The first-order chi connectivity index (χ1) is 13.6. The number of hydrogen-bond donors (Lipinski definition) is 1. The summed E-state index contributed by atoms with van der Waals surface area (Å²) in [5.74, 6) is 3.85. The van der Waals surface area contributed by atoms with Gasteiger partial charge in [0.25, 0.3) is 0 Å². The lowest BCUT2D eigenvalue weighted by Crippen LogP contribution is -2.48. The molecule has 5 fully saturated rings. The molecule has 1 heterocycles. The van der Waals surface area contributed by atoms with Gasteiger partial charge in [0.1, 0.15) is 18.5 Å². The lowest BCUT2D eigenvalue weighted by atomic mass is 9.48. The van der Waals surface area contributed by atoms with Crippen LogP contribution in [-0.4, -0.2) is 41.8 Å². The van der Waals surface area contributed by atoms with E-state index in [0.717, 1.165) is 36.6 Å². The van der Waals surface area contributed by atoms with E-state index in [4.69, 9.17) is 4.74 Å². The van der Waals surface area contributed by atoms with Crippen molar-refractivity contribution in [3.8, 4) is 5.75 Å². The first kappa shape index (κ1) is 18.9. The Balaban J connectivity index is 1.17. The van der Waals surface area contributed by atoms with E-state index < -0.39 is 6.10 Å². The van der Waals surface area contributed by atoms with Crippen molar-refractivity contribution >= 4 is 0 Å². The highest BCUT2D eigenvalue weighted by molar-refractivity contribution is 5.34. The minimum absolute atomic E-state index is 0.389. The summed E-state index contributed by atoms with van der Waals surface area (Å²) in [6.45, 7) is 4.50. The minimum atomic E-state index is -0.414. The maximum Gasteiger partial charge on any atom is 0.119 e. The van der Waals surface area contributed by atoms with Crippen LogP contribution in [0.1, 0.15) is 70.3 Å². The first-order valence-electron chi connectivity index (χ1n) is 11.8. The topological polar surface area (TPSA) is 32.7 Å². The Bertz CT molecular complexity index is 634. The summed E-state index contributed by atoms with van der Waals surface area (Å²) in [6.07, 6.45) is 12.1. The zero-order chi connectivity index (χ0) is 19.1. The molecule has 0 spiro atoms. The van der Waals surface area contributed by atoms with E-state index in [1.807, 2.05) is 0 Å². The van der Waals surface area contributed by atoms with Gasteiger partial charge in [0, 0.05) is 12.6 Å². The van der Waals surface area contributed by atoms with Gasteiger partial charge in [-0.25, -0.2) is 0 Å². The second-order valence-corrected chi connectivity index (χ2v) is 10.5. The molecule has 1 aromatic carbocycles. The van der Waals surface area contributed by atoms with Crippen LogP contribution >= 0.6 is 0 Å². The Labute approximate surface area is 170 Å². The molecule has 1 aromatic rings. The number of nitrogens with zero attached hydrogens (tertiary/aromatic N) is 1. The van der Waals surface area contributed by atoms with Gasteiger partial charge >= 0.3 is 0 Å². The molecule has 6 rings (SSSR count). The number of piperidine rings is 1. The Hall–Kier alpha value is -1.06. The number of aliphatic hydroxyl groups excluding tert-OH is 1. The SMILES string of the molecule is C[C@@H]1CCCCN1C[C@@H](O)COc1ccc(C23CC4CC(CC(C4)C2)C3)cc1. The van der Waals surface area contributed by atoms with Crippen LogP contribution in [0.15, 0.2) is 24.3 Å². The summed E-state index contributed by atoms with van der Waals surface area (Å²) in [6, 6.07) is 9.51. The van der Waals surface area contributed by atoms with Gasteiger partial charge in [-0.2, -0.15) is 0 Å². The highest BCUT2D eigenvalue weighted by Crippen LogP contribution is 2.60. The standard InChI is InChI=1S/C25H37NO2/c1-18-4-2-3-9-26(18)16-23(27)17-28-24-7-5-22(6-8-24)25-13-19-10-20(14-25)12-21(11-19)15-25/h5-8,18-21,23,27H,2-4,9-17H2,1H3/t18-,19?,20?,21?,23-,25?/m1/s1. The summed E-state index contributed by atoms with van der Waals surface area (Å²) >= 11 is 0. The van der Waals surface area contributed by atoms with Crippen LogP contribution < -0.4 is 4.74 Å². The van der Waals surface area contributed by atoms with Gasteiger partial charge in [-0.05, 0) is 106 Å². The number of benzene rings is 1. The summed E-state index contributed by atoms with van der Waals surface area (Å²) < 4.78 is 5.94. The second-order valence-electron chi connectivity index (χ2n) is 10.5. The monoisotopic (exact) mass is 383 g/mol. The molecule has 2 atom stereocenters. The number of rotatable bonds is 6. The number of β-amino-alcohol motifs (C(OH)–C–C–N with tert-alkyl or cyclic N) is 1. The number of hydrogen-bond acceptors (Lipinski definition) is 3. The molecule has 28 heavy (non-hydrogen) atoms. The molecule has 154 valence electrons. The number of ether oxygens (including phenoxy) is 1. The third kappa shape index (κ3) is 3.73. The molecule has 1 saturated heterocycles. The predicted molar refractivity (Wildman–Crippen MR) is 113 cm³/mol. The van der Waals surface area contributed by atoms with Crippen molar-refractivity contribution < 1.29 is 9.84 Å². The fraction of sp³-hybridized carbons (Fsp3) is 0.760. The molecular formula is C25H37NO2. The zero-order valence-corrected chi connectivity index (χ0v) is 17.5. The molecule has 3 nitrogen and oxygen atoms in total. The fourth-order valence-corrected chi connectivity index (χ4v) is 7.31. The zero-order valence-electron chi connectivity index (χ0n) is 17.5. The molecule has 4 saturated carbocycles. The maximum absolute atomic E-state index is 10.4. The normalized spacial score (nSPS) is 38.5. The van der Waals surface area contributed by atoms with Crippen LogP contribution in [0.5, 0.6) is 5.75 Å². The molecule has 0 unspecified atom stereocenters. The van der Waals surface area contributed by atoms with E-state index in [1.165, 1.54) is 57.8 Å². The van der Waals surface area contributed by atoms with Crippen LogP contribution in [0, 0.1) is 17.8 Å². The molecule has 3 heteroatoms. The molecule has 0 amide bonds. The molecule has 4 aliphatic carbocycles. The van der Waals surface area contributed by atoms with Crippen molar-refractivity contribution in [3.05, 3.63) is 29.8 Å². The molecule has 0 aromatic heterocycles. The van der Waals surface area contributed by atoms with Crippen molar-refractivity contribution in [3.63, 3.8) is 0 Å². The van der Waals surface area contributed by atoms with Crippen molar-refractivity contribution in [2.45, 2.75) is 82.3 Å². The first-order valence-corrected chi connectivity index (χ1v) is 11.8. The lowest BCUT2D eigenvalue weighted by molar-refractivity contribution is -0.00522. The fourth-order valence-electron chi connectivity index (χ4n) is 7.31. The predicted octanol–water partition coefficient (Wildman–Crippen LogP) is 4.77. The third-order valence-electron chi connectivity index (χ3n) is 8.33. The molecule has 0 radical (unpaired) electrons. The largest absolute Gasteiger partial charge is 0.491 e. The van der Waals surface area contributed by atoms with Crippen LogP contribution in [0.3, 0.4) is 0 Å². The summed E-state index contributed by atoms with van der Waals surface area (Å²) in [7, 11) is 0. The van der Waals surface area contributed by atoms with Gasteiger partial charge in [-0.1, -0.05) is 18.6 Å². The van der Waals surface area contributed by atoms with Gasteiger partial charge in [0.15, 0.2) is 0 Å². The van der Waals surface area contributed by atoms with Crippen molar-refractivity contribution in [2.24, 2.45) is 17.8 Å². The number of likely N-dealkylation sites (tertiary alicyclic amines) is 1. The molecule has 1 N–H and O–H groups in total. The minimum Gasteiger partial charge on any atom is -0.491 e. The Morgan fingerprint density at radius 2 is 1.68 bits per heavy atom. The Morgan fingerprint density at radius 3 is 2.29 bits per heavy atom. The van der Waals surface area contributed by atoms with Crippen molar-refractivity contribution in [1.29, 1.82) is 0 Å². The molecular weight excluding hydrogens is 346 g/mol. The average Bonchev–Trinajstić information content (AvgIpc) is 2.67. The lowest BCUT2D eigenvalue weighted by Gasteiger charge is -2.57. The van der Waals surface area contributed by atoms with E-state index in [1.54, 1.807) is 5.56 Å².